The van der Waals surface area contributed by atoms with Crippen LogP contribution < -0.4 is 0 Å². The van der Waals surface area contributed by atoms with Gasteiger partial charge in [-0.15, -0.1) is 0 Å². The van der Waals surface area contributed by atoms with E-state index in [1.165, 1.54) is 6.92 Å². The minimum absolute atomic E-state index is 0.0961. The summed E-state index contributed by atoms with van der Waals surface area (Å²) in [6, 6.07) is 6.07. The van der Waals surface area contributed by atoms with Gasteiger partial charge in [-0.1, -0.05) is 38.1 Å². The first-order chi connectivity index (χ1) is 12.9. The molecule has 0 aliphatic rings. The zero-order valence-electron chi connectivity index (χ0n) is 17.2. The summed E-state index contributed by atoms with van der Waals surface area (Å²) in [4.78, 5) is 4.66. The molecule has 1 aromatic heterocycles. The van der Waals surface area contributed by atoms with Gasteiger partial charge in [0.2, 0.25) is 5.89 Å². The summed E-state index contributed by atoms with van der Waals surface area (Å²) in [5.41, 5.74) is 4.71. The number of fused-ring (bicyclic) bond motifs is 1. The molecule has 1 aromatic carbocycles. The van der Waals surface area contributed by atoms with Crippen molar-refractivity contribution in [3.63, 3.8) is 0 Å². The van der Waals surface area contributed by atoms with Gasteiger partial charge in [0.1, 0.15) is 11.7 Å². The van der Waals surface area contributed by atoms with Crippen molar-refractivity contribution < 1.29 is 13.5 Å². The van der Waals surface area contributed by atoms with Gasteiger partial charge in [0.25, 0.3) is 0 Å². The van der Waals surface area contributed by atoms with Crippen molar-refractivity contribution in [2.45, 2.75) is 59.0 Å². The molecule has 0 bridgehead atoms. The molecule has 2 rings (SSSR count). The maximum absolute atomic E-state index is 13.5. The Labute approximate surface area is 162 Å². The Bertz CT molecular complexity index is 787. The van der Waals surface area contributed by atoms with Gasteiger partial charge in [-0.25, -0.2) is 9.37 Å². The lowest BCUT2D eigenvalue weighted by Gasteiger charge is -2.15. The number of aromatic nitrogens is 1. The Hall–Kier alpha value is -1.94. The number of methoxy groups -OCH3 is 1. The number of ether oxygens (including phenoxy) is 1. The quantitative estimate of drug-likeness (QED) is 0.435. The number of rotatable bonds is 10. The Morgan fingerprint density at radius 1 is 1.33 bits per heavy atom. The van der Waals surface area contributed by atoms with E-state index in [0.717, 1.165) is 40.7 Å². The average Bonchev–Trinajstić information content (AvgIpc) is 3.05. The number of hydrogen-bond donors (Lipinski definition) is 0. The third kappa shape index (κ3) is 5.29. The van der Waals surface area contributed by atoms with Gasteiger partial charge >= 0.3 is 0 Å². The first-order valence-electron chi connectivity index (χ1n) is 9.82. The fraction of sp³-hybridized carbons (Fsp3) is 0.522. The lowest BCUT2D eigenvalue weighted by atomic mass is 9.90. The second kappa shape index (κ2) is 9.84. The third-order valence-corrected chi connectivity index (χ3v) is 5.21. The third-order valence-electron chi connectivity index (χ3n) is 5.21. The van der Waals surface area contributed by atoms with Crippen LogP contribution in [0.4, 0.5) is 4.39 Å². The standard InChI is InChI=1S/C23H32FNO2/c1-7-18(8-2)17(5)19-9-10-21-22(14-19)27-23(25-21)20(11-12-26-6)15(3)13-16(4)24/h9-10,13-14,16,18,20H,5,7-8,11-12H2,1-4,6H3. The molecule has 0 saturated carbocycles. The molecular weight excluding hydrogens is 341 g/mol. The second-order valence-corrected chi connectivity index (χ2v) is 7.20. The average molecular weight is 374 g/mol. The second-order valence-electron chi connectivity index (χ2n) is 7.20. The van der Waals surface area contributed by atoms with E-state index in [4.69, 9.17) is 9.15 Å². The van der Waals surface area contributed by atoms with E-state index in [0.29, 0.717) is 24.8 Å². The largest absolute Gasteiger partial charge is 0.440 e. The van der Waals surface area contributed by atoms with Gasteiger partial charge < -0.3 is 9.15 Å². The number of allylic oxidation sites excluding steroid dienone is 3. The Kier molecular flexibility index (Phi) is 7.78. The van der Waals surface area contributed by atoms with Crippen LogP contribution in [0.2, 0.25) is 0 Å². The summed E-state index contributed by atoms with van der Waals surface area (Å²) in [6.45, 7) is 12.7. The predicted molar refractivity (Wildman–Crippen MR) is 111 cm³/mol. The highest BCUT2D eigenvalue weighted by Gasteiger charge is 2.21. The number of oxazole rings is 1. The van der Waals surface area contributed by atoms with Gasteiger partial charge in [0.15, 0.2) is 5.58 Å². The van der Waals surface area contributed by atoms with Crippen molar-refractivity contribution >= 4 is 16.7 Å². The number of benzene rings is 1. The molecule has 0 aliphatic carbocycles. The Morgan fingerprint density at radius 2 is 2.04 bits per heavy atom. The van der Waals surface area contributed by atoms with Crippen LogP contribution in [0.15, 0.2) is 40.8 Å². The van der Waals surface area contributed by atoms with E-state index in [1.54, 1.807) is 13.2 Å². The van der Waals surface area contributed by atoms with Crippen LogP contribution in [0, 0.1) is 5.92 Å². The molecule has 2 atom stereocenters. The van der Waals surface area contributed by atoms with Crippen LogP contribution in [0.25, 0.3) is 16.7 Å². The number of alkyl halides is 1. The zero-order chi connectivity index (χ0) is 20.0. The summed E-state index contributed by atoms with van der Waals surface area (Å²) in [7, 11) is 1.66. The van der Waals surface area contributed by atoms with Crippen molar-refractivity contribution in [3.8, 4) is 0 Å². The molecule has 2 unspecified atom stereocenters. The van der Waals surface area contributed by atoms with Crippen molar-refractivity contribution in [1.82, 2.24) is 4.98 Å². The molecule has 0 N–H and O–H groups in total. The number of nitrogens with zero attached hydrogens (tertiary/aromatic N) is 1. The number of halogens is 1. The van der Waals surface area contributed by atoms with Gasteiger partial charge in [-0.05, 0) is 62.3 Å². The molecular formula is C23H32FNO2. The minimum Gasteiger partial charge on any atom is -0.440 e. The molecule has 4 heteroatoms. The van der Waals surface area contributed by atoms with Gasteiger partial charge in [-0.2, -0.15) is 0 Å². The van der Waals surface area contributed by atoms with Crippen LogP contribution >= 0.6 is 0 Å². The van der Waals surface area contributed by atoms with E-state index < -0.39 is 6.17 Å². The normalized spacial score (nSPS) is 14.7. The summed E-state index contributed by atoms with van der Waals surface area (Å²) < 4.78 is 24.8. The smallest absolute Gasteiger partial charge is 0.202 e. The van der Waals surface area contributed by atoms with Gasteiger partial charge in [0.05, 0.1) is 5.92 Å². The molecule has 2 aromatic rings. The van der Waals surface area contributed by atoms with Crippen LogP contribution in [0.3, 0.4) is 0 Å². The molecule has 1 heterocycles. The SMILES string of the molecule is C=C(c1ccc2nc(C(CCOC)C(C)=CC(C)F)oc2c1)C(CC)CC. The summed E-state index contributed by atoms with van der Waals surface area (Å²) in [5.74, 6) is 0.985. The monoisotopic (exact) mass is 373 g/mol. The van der Waals surface area contributed by atoms with E-state index in [9.17, 15) is 4.39 Å². The van der Waals surface area contributed by atoms with Gasteiger partial charge in [-0.3, -0.25) is 0 Å². The first kappa shape index (κ1) is 21.4. The van der Waals surface area contributed by atoms with E-state index in [2.05, 4.69) is 31.5 Å². The van der Waals surface area contributed by atoms with Gasteiger partial charge in [0, 0.05) is 13.7 Å². The topological polar surface area (TPSA) is 35.3 Å². The fourth-order valence-electron chi connectivity index (χ4n) is 3.57. The minimum atomic E-state index is -1.01. The number of hydrogen-bond acceptors (Lipinski definition) is 3. The summed E-state index contributed by atoms with van der Waals surface area (Å²) >= 11 is 0. The lowest BCUT2D eigenvalue weighted by Crippen LogP contribution is -2.06. The summed E-state index contributed by atoms with van der Waals surface area (Å²) in [5, 5.41) is 0. The molecule has 0 saturated heterocycles. The van der Waals surface area contributed by atoms with E-state index in [-0.39, 0.29) is 5.92 Å². The van der Waals surface area contributed by atoms with Crippen LogP contribution in [-0.4, -0.2) is 24.9 Å². The van der Waals surface area contributed by atoms with Crippen molar-refractivity contribution in [2.24, 2.45) is 5.92 Å². The molecule has 0 radical (unpaired) electrons. The maximum Gasteiger partial charge on any atom is 0.202 e. The van der Waals surface area contributed by atoms with Crippen molar-refractivity contribution in [1.29, 1.82) is 0 Å². The summed E-state index contributed by atoms with van der Waals surface area (Å²) in [6.07, 6.45) is 3.45. The lowest BCUT2D eigenvalue weighted by molar-refractivity contribution is 0.187. The van der Waals surface area contributed by atoms with Crippen LogP contribution in [-0.2, 0) is 4.74 Å². The molecule has 0 amide bonds. The molecule has 3 nitrogen and oxygen atoms in total. The highest BCUT2D eigenvalue weighted by atomic mass is 19.1. The van der Waals surface area contributed by atoms with E-state index in [1.807, 2.05) is 19.1 Å². The fourth-order valence-corrected chi connectivity index (χ4v) is 3.57. The molecule has 0 spiro atoms. The predicted octanol–water partition coefficient (Wildman–Crippen LogP) is 6.70. The van der Waals surface area contributed by atoms with Crippen molar-refractivity contribution in [3.05, 3.63) is 47.9 Å². The van der Waals surface area contributed by atoms with E-state index >= 15 is 0 Å². The highest BCUT2D eigenvalue weighted by molar-refractivity contribution is 5.79. The highest BCUT2D eigenvalue weighted by Crippen LogP contribution is 2.33. The first-order valence-corrected chi connectivity index (χ1v) is 9.82. The van der Waals surface area contributed by atoms with Crippen LogP contribution in [0.5, 0.6) is 0 Å². The van der Waals surface area contributed by atoms with Crippen molar-refractivity contribution in [2.75, 3.05) is 13.7 Å². The zero-order valence-corrected chi connectivity index (χ0v) is 17.2. The Morgan fingerprint density at radius 3 is 2.63 bits per heavy atom. The molecule has 27 heavy (non-hydrogen) atoms. The van der Waals surface area contributed by atoms with Crippen LogP contribution in [0.1, 0.15) is 64.3 Å². The Balaban J connectivity index is 2.39. The molecule has 0 fully saturated rings. The molecule has 0 aliphatic heterocycles. The molecule has 148 valence electrons. The maximum atomic E-state index is 13.5.